The van der Waals surface area contributed by atoms with Crippen LogP contribution in [-0.2, 0) is 17.9 Å². The fourth-order valence-corrected chi connectivity index (χ4v) is 4.57. The molecule has 2 aromatic heterocycles. The predicted octanol–water partition coefficient (Wildman–Crippen LogP) is 2.47. The van der Waals surface area contributed by atoms with Crippen molar-refractivity contribution < 1.29 is 4.79 Å². The Hall–Kier alpha value is -2.31. The van der Waals surface area contributed by atoms with Crippen LogP contribution in [0.4, 0.5) is 0 Å². The van der Waals surface area contributed by atoms with Crippen molar-refractivity contribution in [3.8, 4) is 0 Å². The molecule has 2 fully saturated rings. The van der Waals surface area contributed by atoms with Crippen LogP contribution in [-0.4, -0.2) is 57.9 Å². The fraction of sp³-hybridized carbons (Fsp3) is 0.522. The summed E-state index contributed by atoms with van der Waals surface area (Å²) < 4.78 is 0. The first-order valence-electron chi connectivity index (χ1n) is 10.8. The van der Waals surface area contributed by atoms with E-state index in [1.807, 2.05) is 36.7 Å². The van der Waals surface area contributed by atoms with Gasteiger partial charge in [-0.25, -0.2) is 0 Å². The van der Waals surface area contributed by atoms with Gasteiger partial charge in [-0.15, -0.1) is 0 Å². The molecule has 0 saturated carbocycles. The van der Waals surface area contributed by atoms with Crippen molar-refractivity contribution in [3.05, 3.63) is 60.2 Å². The highest BCUT2D eigenvalue weighted by molar-refractivity contribution is 5.78. The van der Waals surface area contributed by atoms with E-state index in [2.05, 4.69) is 31.2 Å². The number of likely N-dealkylation sites (tertiary alicyclic amines) is 2. The molecule has 0 unspecified atom stereocenters. The number of carbonyl (C=O) groups is 1. The molecule has 2 aliphatic heterocycles. The van der Waals surface area contributed by atoms with Gasteiger partial charge in [-0.1, -0.05) is 12.1 Å². The SMILES string of the molecule is O=C(NCc1ccccn1)[C@H]1CCCN(C2CCN(Cc3cccnc3)CC2)C1. The number of hydrogen-bond donors (Lipinski definition) is 1. The highest BCUT2D eigenvalue weighted by Crippen LogP contribution is 2.24. The summed E-state index contributed by atoms with van der Waals surface area (Å²) >= 11 is 0. The molecular weight excluding hydrogens is 362 g/mol. The molecule has 0 bridgehead atoms. The van der Waals surface area contributed by atoms with Crippen LogP contribution in [0.5, 0.6) is 0 Å². The Morgan fingerprint density at radius 1 is 1.07 bits per heavy atom. The van der Waals surface area contributed by atoms with Crippen LogP contribution in [0.1, 0.15) is 36.9 Å². The first-order chi connectivity index (χ1) is 14.3. The van der Waals surface area contributed by atoms with Crippen LogP contribution < -0.4 is 5.32 Å². The molecule has 2 aliphatic rings. The summed E-state index contributed by atoms with van der Waals surface area (Å²) in [5.74, 6) is 0.273. The maximum absolute atomic E-state index is 12.7. The summed E-state index contributed by atoms with van der Waals surface area (Å²) in [5.41, 5.74) is 2.20. The zero-order valence-electron chi connectivity index (χ0n) is 17.0. The lowest BCUT2D eigenvalue weighted by Crippen LogP contribution is -2.50. The molecule has 1 amide bonds. The van der Waals surface area contributed by atoms with Crippen LogP contribution in [0, 0.1) is 5.92 Å². The minimum Gasteiger partial charge on any atom is -0.350 e. The lowest BCUT2D eigenvalue weighted by molar-refractivity contribution is -0.127. The predicted molar refractivity (Wildman–Crippen MR) is 113 cm³/mol. The number of nitrogens with zero attached hydrogens (tertiary/aromatic N) is 4. The molecule has 1 N–H and O–H groups in total. The molecule has 0 radical (unpaired) electrons. The van der Waals surface area contributed by atoms with Gasteiger partial charge in [-0.05, 0) is 69.1 Å². The number of hydrogen-bond acceptors (Lipinski definition) is 5. The molecule has 2 saturated heterocycles. The topological polar surface area (TPSA) is 61.4 Å². The van der Waals surface area contributed by atoms with E-state index in [4.69, 9.17) is 0 Å². The Bertz CT molecular complexity index is 761. The average molecular weight is 394 g/mol. The Kier molecular flexibility index (Phi) is 6.85. The minimum absolute atomic E-state index is 0.0980. The summed E-state index contributed by atoms with van der Waals surface area (Å²) in [6, 6.07) is 10.6. The molecule has 0 aromatic carbocycles. The quantitative estimate of drug-likeness (QED) is 0.817. The third kappa shape index (κ3) is 5.61. The van der Waals surface area contributed by atoms with Crippen molar-refractivity contribution in [2.45, 2.75) is 44.8 Å². The van der Waals surface area contributed by atoms with E-state index in [1.54, 1.807) is 6.20 Å². The number of piperidine rings is 2. The first kappa shape index (κ1) is 20.0. The molecule has 2 aromatic rings. The number of nitrogens with one attached hydrogen (secondary N) is 1. The van der Waals surface area contributed by atoms with Gasteiger partial charge in [0, 0.05) is 37.7 Å². The van der Waals surface area contributed by atoms with Crippen LogP contribution in [0.2, 0.25) is 0 Å². The normalized spacial score (nSPS) is 21.7. The Morgan fingerprint density at radius 3 is 2.72 bits per heavy atom. The number of aromatic nitrogens is 2. The third-order valence-corrected chi connectivity index (χ3v) is 6.20. The number of pyridine rings is 2. The fourth-order valence-electron chi connectivity index (χ4n) is 4.57. The zero-order chi connectivity index (χ0) is 19.9. The average Bonchev–Trinajstić information content (AvgIpc) is 2.79. The van der Waals surface area contributed by atoms with E-state index in [-0.39, 0.29) is 11.8 Å². The van der Waals surface area contributed by atoms with E-state index < -0.39 is 0 Å². The summed E-state index contributed by atoms with van der Waals surface area (Å²) in [6.45, 7) is 5.75. The zero-order valence-corrected chi connectivity index (χ0v) is 17.0. The van der Waals surface area contributed by atoms with Crippen molar-refractivity contribution in [3.63, 3.8) is 0 Å². The van der Waals surface area contributed by atoms with Gasteiger partial charge in [0.2, 0.25) is 5.91 Å². The molecule has 0 spiro atoms. The standard InChI is InChI=1S/C23H31N5O/c29-23(26-16-21-7-1-2-11-25-21)20-6-4-12-28(18-20)22-8-13-27(14-9-22)17-19-5-3-10-24-15-19/h1-3,5,7,10-11,15,20,22H,4,6,8-9,12-14,16-18H2,(H,26,29)/t20-/m0/s1. The van der Waals surface area contributed by atoms with Crippen molar-refractivity contribution in [1.29, 1.82) is 0 Å². The van der Waals surface area contributed by atoms with Crippen LogP contribution in [0.3, 0.4) is 0 Å². The van der Waals surface area contributed by atoms with Crippen LogP contribution >= 0.6 is 0 Å². The number of amides is 1. The Morgan fingerprint density at radius 2 is 1.97 bits per heavy atom. The van der Waals surface area contributed by atoms with Crippen LogP contribution in [0.25, 0.3) is 0 Å². The summed E-state index contributed by atoms with van der Waals surface area (Å²) in [5, 5.41) is 3.08. The second-order valence-electron chi connectivity index (χ2n) is 8.24. The molecule has 4 heterocycles. The van der Waals surface area contributed by atoms with Crippen LogP contribution in [0.15, 0.2) is 48.9 Å². The second-order valence-corrected chi connectivity index (χ2v) is 8.24. The molecule has 154 valence electrons. The maximum atomic E-state index is 12.7. The molecular formula is C23H31N5O. The minimum atomic E-state index is 0.0980. The Balaban J connectivity index is 1.23. The molecule has 1 atom stereocenters. The van der Waals surface area contributed by atoms with Crippen molar-refractivity contribution in [2.75, 3.05) is 26.2 Å². The second kappa shape index (κ2) is 9.94. The Labute approximate surface area is 173 Å². The number of rotatable bonds is 6. The molecule has 6 nitrogen and oxygen atoms in total. The highest BCUT2D eigenvalue weighted by Gasteiger charge is 2.31. The van der Waals surface area contributed by atoms with Gasteiger partial charge >= 0.3 is 0 Å². The van der Waals surface area contributed by atoms with Gasteiger partial charge in [0.1, 0.15) is 0 Å². The van der Waals surface area contributed by atoms with Gasteiger partial charge in [-0.3, -0.25) is 24.6 Å². The van der Waals surface area contributed by atoms with Gasteiger partial charge in [0.25, 0.3) is 0 Å². The lowest BCUT2D eigenvalue weighted by Gasteiger charge is -2.42. The number of carbonyl (C=O) groups excluding carboxylic acids is 1. The monoisotopic (exact) mass is 393 g/mol. The summed E-state index contributed by atoms with van der Waals surface area (Å²) in [4.78, 5) is 26.3. The molecule has 6 heteroatoms. The van der Waals surface area contributed by atoms with E-state index >= 15 is 0 Å². The molecule has 29 heavy (non-hydrogen) atoms. The first-order valence-corrected chi connectivity index (χ1v) is 10.8. The van der Waals surface area contributed by atoms with Gasteiger partial charge < -0.3 is 5.32 Å². The smallest absolute Gasteiger partial charge is 0.224 e. The van der Waals surface area contributed by atoms with Crippen molar-refractivity contribution >= 4 is 5.91 Å². The lowest BCUT2D eigenvalue weighted by atomic mass is 9.93. The summed E-state index contributed by atoms with van der Waals surface area (Å²) in [7, 11) is 0. The van der Waals surface area contributed by atoms with E-state index in [9.17, 15) is 4.79 Å². The van der Waals surface area contributed by atoms with Gasteiger partial charge in [-0.2, -0.15) is 0 Å². The van der Waals surface area contributed by atoms with Gasteiger partial charge in [0.05, 0.1) is 18.2 Å². The molecule has 0 aliphatic carbocycles. The maximum Gasteiger partial charge on any atom is 0.224 e. The third-order valence-electron chi connectivity index (χ3n) is 6.20. The van der Waals surface area contributed by atoms with E-state index in [0.717, 1.165) is 51.3 Å². The van der Waals surface area contributed by atoms with E-state index in [0.29, 0.717) is 12.6 Å². The highest BCUT2D eigenvalue weighted by atomic mass is 16.1. The largest absolute Gasteiger partial charge is 0.350 e. The van der Waals surface area contributed by atoms with Crippen molar-refractivity contribution in [1.82, 2.24) is 25.1 Å². The van der Waals surface area contributed by atoms with E-state index in [1.165, 1.54) is 18.4 Å². The van der Waals surface area contributed by atoms with Gasteiger partial charge in [0.15, 0.2) is 0 Å². The summed E-state index contributed by atoms with van der Waals surface area (Å²) in [6.07, 6.45) is 10.0. The molecule has 4 rings (SSSR count). The van der Waals surface area contributed by atoms with Crippen molar-refractivity contribution in [2.24, 2.45) is 5.92 Å².